The third kappa shape index (κ3) is 4.02. The van der Waals surface area contributed by atoms with Crippen molar-refractivity contribution in [1.29, 1.82) is 0 Å². The Kier molecular flexibility index (Phi) is 5.53. The minimum absolute atomic E-state index is 0.268. The van der Waals surface area contributed by atoms with E-state index < -0.39 is 0 Å². The average Bonchev–Trinajstić information content (AvgIpc) is 2.47. The average molecular weight is 306 g/mol. The fraction of sp³-hybridized carbons (Fsp3) is 0.294. The molecule has 0 aliphatic carbocycles. The first-order valence-electron chi connectivity index (χ1n) is 6.75. The van der Waals surface area contributed by atoms with Gasteiger partial charge >= 0.3 is 0 Å². The van der Waals surface area contributed by atoms with Crippen LogP contribution in [0.4, 0.5) is 0 Å². The van der Waals surface area contributed by atoms with E-state index in [-0.39, 0.29) is 6.04 Å². The van der Waals surface area contributed by atoms with Crippen LogP contribution in [0.15, 0.2) is 53.4 Å². The molecule has 0 heterocycles. The van der Waals surface area contributed by atoms with Gasteiger partial charge in [0.25, 0.3) is 0 Å². The summed E-state index contributed by atoms with van der Waals surface area (Å²) in [5.41, 5.74) is 2.52. The van der Waals surface area contributed by atoms with Gasteiger partial charge in [-0.25, -0.2) is 0 Å². The highest BCUT2D eigenvalue weighted by Gasteiger charge is 2.11. The molecule has 0 fully saturated rings. The molecular weight excluding hydrogens is 286 g/mol. The second-order valence-electron chi connectivity index (χ2n) is 4.94. The third-order valence-corrected chi connectivity index (χ3v) is 4.44. The summed E-state index contributed by atoms with van der Waals surface area (Å²) >= 11 is 7.81. The maximum Gasteiger partial charge on any atom is 0.0409 e. The van der Waals surface area contributed by atoms with E-state index in [0.717, 1.165) is 5.02 Å². The summed E-state index contributed by atoms with van der Waals surface area (Å²) in [7, 11) is 0. The van der Waals surface area contributed by atoms with Gasteiger partial charge in [0, 0.05) is 22.0 Å². The van der Waals surface area contributed by atoms with Crippen LogP contribution in [0.5, 0.6) is 0 Å². The van der Waals surface area contributed by atoms with E-state index >= 15 is 0 Å². The number of hydrogen-bond donors (Lipinski definition) is 1. The van der Waals surface area contributed by atoms with Crippen LogP contribution in [0.25, 0.3) is 0 Å². The summed E-state index contributed by atoms with van der Waals surface area (Å²) in [4.78, 5) is 1.30. The van der Waals surface area contributed by atoms with Crippen molar-refractivity contribution < 1.29 is 0 Å². The molecule has 2 aromatic rings. The van der Waals surface area contributed by atoms with Crippen molar-refractivity contribution in [3.05, 3.63) is 64.7 Å². The molecule has 0 aliphatic rings. The van der Waals surface area contributed by atoms with Crippen molar-refractivity contribution in [1.82, 2.24) is 5.32 Å². The van der Waals surface area contributed by atoms with Crippen molar-refractivity contribution in [3.8, 4) is 0 Å². The van der Waals surface area contributed by atoms with Crippen molar-refractivity contribution in [2.24, 2.45) is 0 Å². The first-order valence-corrected chi connectivity index (χ1v) is 8.36. The molecule has 2 unspecified atom stereocenters. The van der Waals surface area contributed by atoms with E-state index in [1.54, 1.807) is 11.8 Å². The highest BCUT2D eigenvalue weighted by Crippen LogP contribution is 2.23. The topological polar surface area (TPSA) is 12.0 Å². The lowest BCUT2D eigenvalue weighted by Gasteiger charge is -2.21. The monoisotopic (exact) mass is 305 g/mol. The van der Waals surface area contributed by atoms with Gasteiger partial charge in [0.1, 0.15) is 0 Å². The van der Waals surface area contributed by atoms with Crippen molar-refractivity contribution in [3.63, 3.8) is 0 Å². The van der Waals surface area contributed by atoms with Gasteiger partial charge in [-0.05, 0) is 55.5 Å². The molecule has 0 saturated heterocycles. The number of thioether (sulfide) groups is 1. The van der Waals surface area contributed by atoms with E-state index in [2.05, 4.69) is 55.8 Å². The Morgan fingerprint density at radius 2 is 1.60 bits per heavy atom. The van der Waals surface area contributed by atoms with Gasteiger partial charge in [0.2, 0.25) is 0 Å². The van der Waals surface area contributed by atoms with Gasteiger partial charge in [-0.15, -0.1) is 11.8 Å². The Hall–Kier alpha value is -0.960. The number of hydrogen-bond acceptors (Lipinski definition) is 2. The smallest absolute Gasteiger partial charge is 0.0409 e. The molecular formula is C17H20ClNS. The zero-order valence-corrected chi connectivity index (χ0v) is 13.6. The van der Waals surface area contributed by atoms with E-state index in [1.165, 1.54) is 16.0 Å². The SMILES string of the molecule is CSc1ccc(C(C)NC(C)c2cccc(Cl)c2)cc1. The van der Waals surface area contributed by atoms with Crippen LogP contribution in [-0.4, -0.2) is 6.26 Å². The number of nitrogens with one attached hydrogen (secondary N) is 1. The highest BCUT2D eigenvalue weighted by atomic mass is 35.5. The Bertz CT molecular complexity index is 553. The molecule has 0 amide bonds. The lowest BCUT2D eigenvalue weighted by Crippen LogP contribution is -2.22. The lowest BCUT2D eigenvalue weighted by atomic mass is 10.0. The molecule has 106 valence electrons. The Morgan fingerprint density at radius 3 is 2.20 bits per heavy atom. The minimum Gasteiger partial charge on any atom is -0.304 e. The molecule has 0 aromatic heterocycles. The maximum absolute atomic E-state index is 6.05. The van der Waals surface area contributed by atoms with Gasteiger partial charge in [-0.2, -0.15) is 0 Å². The number of halogens is 1. The highest BCUT2D eigenvalue weighted by molar-refractivity contribution is 7.98. The zero-order chi connectivity index (χ0) is 14.5. The summed E-state index contributed by atoms with van der Waals surface area (Å²) < 4.78 is 0. The number of rotatable bonds is 5. The van der Waals surface area contributed by atoms with Crippen molar-refractivity contribution >= 4 is 23.4 Å². The van der Waals surface area contributed by atoms with Crippen LogP contribution in [0.2, 0.25) is 5.02 Å². The molecule has 20 heavy (non-hydrogen) atoms. The van der Waals surface area contributed by atoms with Crippen molar-refractivity contribution in [2.75, 3.05) is 6.26 Å². The van der Waals surface area contributed by atoms with Crippen LogP contribution < -0.4 is 5.32 Å². The molecule has 2 atom stereocenters. The Labute approximate surface area is 130 Å². The molecule has 1 nitrogen and oxygen atoms in total. The van der Waals surface area contributed by atoms with Crippen LogP contribution in [0.1, 0.15) is 37.1 Å². The molecule has 1 N–H and O–H groups in total. The molecule has 0 bridgehead atoms. The fourth-order valence-electron chi connectivity index (χ4n) is 2.24. The largest absolute Gasteiger partial charge is 0.304 e. The quantitative estimate of drug-likeness (QED) is 0.735. The normalized spacial score (nSPS) is 14.0. The van der Waals surface area contributed by atoms with Gasteiger partial charge in [-0.3, -0.25) is 0 Å². The second kappa shape index (κ2) is 7.16. The molecule has 0 spiro atoms. The van der Waals surface area contributed by atoms with Crippen LogP contribution >= 0.6 is 23.4 Å². The zero-order valence-electron chi connectivity index (χ0n) is 12.1. The minimum atomic E-state index is 0.268. The molecule has 0 saturated carbocycles. The first-order chi connectivity index (χ1) is 9.60. The van der Waals surface area contributed by atoms with Crippen molar-refractivity contribution in [2.45, 2.75) is 30.8 Å². The molecule has 2 rings (SSSR count). The predicted octanol–water partition coefficient (Wildman–Crippen LogP) is 5.47. The second-order valence-corrected chi connectivity index (χ2v) is 6.25. The lowest BCUT2D eigenvalue weighted by molar-refractivity contribution is 0.494. The molecule has 3 heteroatoms. The summed E-state index contributed by atoms with van der Waals surface area (Å²) in [6, 6.07) is 17.3. The summed E-state index contributed by atoms with van der Waals surface area (Å²) in [6.07, 6.45) is 2.10. The Balaban J connectivity index is 2.04. The summed E-state index contributed by atoms with van der Waals surface area (Å²) in [5.74, 6) is 0. The van der Waals surface area contributed by atoms with E-state index in [4.69, 9.17) is 11.6 Å². The standard InChI is InChI=1S/C17H20ClNS/c1-12(14-7-9-17(20-3)10-8-14)19-13(2)15-5-4-6-16(18)11-15/h4-13,19H,1-3H3. The van der Waals surface area contributed by atoms with E-state index in [9.17, 15) is 0 Å². The number of benzene rings is 2. The van der Waals surface area contributed by atoms with Gasteiger partial charge in [0.15, 0.2) is 0 Å². The van der Waals surface area contributed by atoms with E-state index in [1.807, 2.05) is 18.2 Å². The first kappa shape index (κ1) is 15.4. The van der Waals surface area contributed by atoms with Gasteiger partial charge in [-0.1, -0.05) is 35.9 Å². The Morgan fingerprint density at radius 1 is 0.950 bits per heavy atom. The van der Waals surface area contributed by atoms with Crippen LogP contribution in [0, 0.1) is 0 Å². The fourth-order valence-corrected chi connectivity index (χ4v) is 2.84. The molecule has 0 radical (unpaired) electrons. The summed E-state index contributed by atoms with van der Waals surface area (Å²) in [6.45, 7) is 4.35. The predicted molar refractivity (Wildman–Crippen MR) is 89.6 cm³/mol. The van der Waals surface area contributed by atoms with Gasteiger partial charge < -0.3 is 5.32 Å². The summed E-state index contributed by atoms with van der Waals surface area (Å²) in [5, 5.41) is 4.40. The third-order valence-electron chi connectivity index (χ3n) is 3.46. The van der Waals surface area contributed by atoms with Crippen LogP contribution in [-0.2, 0) is 0 Å². The maximum atomic E-state index is 6.05. The van der Waals surface area contributed by atoms with Gasteiger partial charge in [0.05, 0.1) is 0 Å². The van der Waals surface area contributed by atoms with Crippen LogP contribution in [0.3, 0.4) is 0 Å². The van der Waals surface area contributed by atoms with E-state index in [0.29, 0.717) is 6.04 Å². The molecule has 2 aromatic carbocycles. The molecule has 0 aliphatic heterocycles.